The van der Waals surface area contributed by atoms with Gasteiger partial charge in [-0.3, -0.25) is 0 Å². The van der Waals surface area contributed by atoms with Crippen molar-refractivity contribution < 1.29 is 0 Å². The van der Waals surface area contributed by atoms with Crippen molar-refractivity contribution in [1.82, 2.24) is 0 Å². The monoisotopic (exact) mass is 166 g/mol. The predicted molar refractivity (Wildman–Crippen MR) is 52.8 cm³/mol. The van der Waals surface area contributed by atoms with E-state index in [4.69, 9.17) is 0 Å². The van der Waals surface area contributed by atoms with Crippen LogP contribution in [-0.2, 0) is 0 Å². The third-order valence-corrected chi connectivity index (χ3v) is 2.65. The average Bonchev–Trinajstić information content (AvgIpc) is 2.34. The molecule has 0 aliphatic carbocycles. The van der Waals surface area contributed by atoms with Crippen LogP contribution in [0.2, 0.25) is 0 Å². The summed E-state index contributed by atoms with van der Waals surface area (Å²) in [6, 6.07) is 4.19. The molecule has 1 aromatic rings. The van der Waals surface area contributed by atoms with Gasteiger partial charge >= 0.3 is 0 Å². The fraction of sp³-hybridized carbons (Fsp3) is 0.400. The topological polar surface area (TPSA) is 0 Å². The molecular formula is C10H14S. The molecule has 0 radical (unpaired) electrons. The summed E-state index contributed by atoms with van der Waals surface area (Å²) >= 11 is 1.76. The molecule has 0 unspecified atom stereocenters. The van der Waals surface area contributed by atoms with Crippen LogP contribution in [0, 0.1) is 5.41 Å². The number of hydrogen-bond acceptors (Lipinski definition) is 1. The molecule has 0 nitrogen and oxygen atoms in total. The lowest BCUT2D eigenvalue weighted by atomic mass is 9.87. The third-order valence-electron chi connectivity index (χ3n) is 1.72. The first kappa shape index (κ1) is 8.54. The molecule has 1 heteroatoms. The molecule has 0 aliphatic rings. The fourth-order valence-electron chi connectivity index (χ4n) is 0.820. The van der Waals surface area contributed by atoms with E-state index in [9.17, 15) is 0 Å². The quantitative estimate of drug-likeness (QED) is 0.595. The van der Waals surface area contributed by atoms with Gasteiger partial charge in [0.2, 0.25) is 0 Å². The van der Waals surface area contributed by atoms with Crippen molar-refractivity contribution in [3.8, 4) is 0 Å². The molecule has 60 valence electrons. The SMILES string of the molecule is C=C(c1cccs1)C(C)(C)C. The van der Waals surface area contributed by atoms with Gasteiger partial charge in [-0.1, -0.05) is 33.4 Å². The van der Waals surface area contributed by atoms with Crippen molar-refractivity contribution >= 4 is 16.9 Å². The molecule has 11 heavy (non-hydrogen) atoms. The molecule has 0 bridgehead atoms. The summed E-state index contributed by atoms with van der Waals surface area (Å²) in [5, 5.41) is 2.09. The van der Waals surface area contributed by atoms with Gasteiger partial charge in [-0.25, -0.2) is 0 Å². The van der Waals surface area contributed by atoms with Crippen LogP contribution in [0.1, 0.15) is 25.6 Å². The van der Waals surface area contributed by atoms with Crippen LogP contribution in [0.3, 0.4) is 0 Å². The Kier molecular flexibility index (Phi) is 2.19. The molecule has 0 aliphatic heterocycles. The zero-order chi connectivity index (χ0) is 8.48. The average molecular weight is 166 g/mol. The molecule has 0 saturated heterocycles. The highest BCUT2D eigenvalue weighted by Crippen LogP contribution is 2.34. The molecule has 1 aromatic heterocycles. The Morgan fingerprint density at radius 1 is 1.45 bits per heavy atom. The summed E-state index contributed by atoms with van der Waals surface area (Å²) in [6.45, 7) is 10.6. The molecule has 1 heterocycles. The van der Waals surface area contributed by atoms with Crippen LogP contribution in [0.5, 0.6) is 0 Å². The number of thiophene rings is 1. The van der Waals surface area contributed by atoms with E-state index in [2.05, 4.69) is 44.9 Å². The summed E-state index contributed by atoms with van der Waals surface area (Å²) in [5.41, 5.74) is 1.43. The lowest BCUT2D eigenvalue weighted by molar-refractivity contribution is 0.569. The second kappa shape index (κ2) is 2.82. The van der Waals surface area contributed by atoms with E-state index in [1.165, 1.54) is 10.5 Å². The van der Waals surface area contributed by atoms with E-state index in [1.807, 2.05) is 0 Å². The van der Waals surface area contributed by atoms with Crippen molar-refractivity contribution in [3.63, 3.8) is 0 Å². The minimum Gasteiger partial charge on any atom is -0.144 e. The zero-order valence-corrected chi connectivity index (χ0v) is 8.16. The van der Waals surface area contributed by atoms with Gasteiger partial charge in [-0.15, -0.1) is 11.3 Å². The van der Waals surface area contributed by atoms with Crippen LogP contribution < -0.4 is 0 Å². The predicted octanol–water partition coefficient (Wildman–Crippen LogP) is 3.81. The number of hydrogen-bond donors (Lipinski definition) is 0. The summed E-state index contributed by atoms with van der Waals surface area (Å²) < 4.78 is 0. The fourth-order valence-corrected chi connectivity index (χ4v) is 1.73. The van der Waals surface area contributed by atoms with Crippen LogP contribution >= 0.6 is 11.3 Å². The molecule has 0 atom stereocenters. The highest BCUT2D eigenvalue weighted by Gasteiger charge is 2.16. The van der Waals surface area contributed by atoms with Gasteiger partial charge < -0.3 is 0 Å². The molecular weight excluding hydrogens is 152 g/mol. The van der Waals surface area contributed by atoms with Crippen LogP contribution in [0.15, 0.2) is 24.1 Å². The van der Waals surface area contributed by atoms with Crippen molar-refractivity contribution in [3.05, 3.63) is 29.0 Å². The van der Waals surface area contributed by atoms with Gasteiger partial charge in [0.25, 0.3) is 0 Å². The first-order chi connectivity index (χ1) is 5.02. The normalized spacial score (nSPS) is 11.5. The highest BCUT2D eigenvalue weighted by molar-refractivity contribution is 7.11. The Bertz CT molecular complexity index is 236. The van der Waals surface area contributed by atoms with E-state index in [0.29, 0.717) is 0 Å². The van der Waals surface area contributed by atoms with E-state index in [0.717, 1.165) is 0 Å². The molecule has 0 spiro atoms. The highest BCUT2D eigenvalue weighted by atomic mass is 32.1. The van der Waals surface area contributed by atoms with Gasteiger partial charge in [0.05, 0.1) is 0 Å². The molecule has 0 saturated carbocycles. The molecule has 0 fully saturated rings. The second-order valence-electron chi connectivity index (χ2n) is 3.71. The zero-order valence-electron chi connectivity index (χ0n) is 7.35. The van der Waals surface area contributed by atoms with E-state index < -0.39 is 0 Å². The summed E-state index contributed by atoms with van der Waals surface area (Å²) in [4.78, 5) is 1.30. The third kappa shape index (κ3) is 1.93. The lowest BCUT2D eigenvalue weighted by Crippen LogP contribution is -2.05. The van der Waals surface area contributed by atoms with Gasteiger partial charge in [0.1, 0.15) is 0 Å². The van der Waals surface area contributed by atoms with Crippen LogP contribution in [0.4, 0.5) is 0 Å². The smallest absolute Gasteiger partial charge is 0.0301 e. The summed E-state index contributed by atoms with van der Waals surface area (Å²) in [5.74, 6) is 0. The molecule has 1 rings (SSSR count). The first-order valence-electron chi connectivity index (χ1n) is 3.75. The van der Waals surface area contributed by atoms with Gasteiger partial charge in [0, 0.05) is 4.88 Å². The van der Waals surface area contributed by atoms with Crippen molar-refractivity contribution in [1.29, 1.82) is 0 Å². The maximum atomic E-state index is 4.08. The number of rotatable bonds is 1. The lowest BCUT2D eigenvalue weighted by Gasteiger charge is -2.20. The Labute approximate surface area is 72.6 Å². The van der Waals surface area contributed by atoms with Gasteiger partial charge in [-0.05, 0) is 22.4 Å². The largest absolute Gasteiger partial charge is 0.144 e. The van der Waals surface area contributed by atoms with Gasteiger partial charge in [0.15, 0.2) is 0 Å². The minimum atomic E-state index is 0.199. The summed E-state index contributed by atoms with van der Waals surface area (Å²) in [7, 11) is 0. The Balaban J connectivity index is 2.88. The molecule has 0 N–H and O–H groups in total. The molecule has 0 aromatic carbocycles. The maximum Gasteiger partial charge on any atom is 0.0301 e. The number of allylic oxidation sites excluding steroid dienone is 1. The van der Waals surface area contributed by atoms with Crippen molar-refractivity contribution in [2.45, 2.75) is 20.8 Å². The van der Waals surface area contributed by atoms with Crippen molar-refractivity contribution in [2.75, 3.05) is 0 Å². The van der Waals surface area contributed by atoms with E-state index >= 15 is 0 Å². The standard InChI is InChI=1S/C10H14S/c1-8(10(2,3)4)9-6-5-7-11-9/h5-7H,1H2,2-4H3. The molecule has 0 amide bonds. The van der Waals surface area contributed by atoms with Gasteiger partial charge in [-0.2, -0.15) is 0 Å². The minimum absolute atomic E-state index is 0.199. The van der Waals surface area contributed by atoms with E-state index in [-0.39, 0.29) is 5.41 Å². The Morgan fingerprint density at radius 2 is 2.09 bits per heavy atom. The maximum absolute atomic E-state index is 4.08. The first-order valence-corrected chi connectivity index (χ1v) is 4.63. The Hall–Kier alpha value is -0.560. The van der Waals surface area contributed by atoms with Crippen LogP contribution in [-0.4, -0.2) is 0 Å². The second-order valence-corrected chi connectivity index (χ2v) is 4.65. The Morgan fingerprint density at radius 3 is 2.45 bits per heavy atom. The van der Waals surface area contributed by atoms with Crippen LogP contribution in [0.25, 0.3) is 5.57 Å². The summed E-state index contributed by atoms with van der Waals surface area (Å²) in [6.07, 6.45) is 0. The van der Waals surface area contributed by atoms with Crippen molar-refractivity contribution in [2.24, 2.45) is 5.41 Å². The van der Waals surface area contributed by atoms with E-state index in [1.54, 1.807) is 11.3 Å².